The number of hydrogen-bond donors (Lipinski definition) is 0. The summed E-state index contributed by atoms with van der Waals surface area (Å²) in [6.07, 6.45) is 8.08. The van der Waals surface area contributed by atoms with Crippen LogP contribution in [-0.2, 0) is 4.79 Å². The number of anilines is 1. The van der Waals surface area contributed by atoms with Crippen LogP contribution in [0.2, 0.25) is 0 Å². The second-order valence-electron chi connectivity index (χ2n) is 5.51. The average molecular weight is 259 g/mol. The number of amides is 1. The Morgan fingerprint density at radius 2 is 1.84 bits per heavy atom. The minimum Gasteiger partial charge on any atom is -0.312 e. The molecule has 0 saturated heterocycles. The summed E-state index contributed by atoms with van der Waals surface area (Å²) in [5.41, 5.74) is 1.06. The zero-order chi connectivity index (χ0) is 13.5. The predicted molar refractivity (Wildman–Crippen MR) is 80.3 cm³/mol. The molecule has 0 bridgehead atoms. The number of hydrogen-bond acceptors (Lipinski definition) is 1. The molecule has 1 aliphatic rings. The van der Waals surface area contributed by atoms with Crippen LogP contribution in [0.25, 0.3) is 0 Å². The van der Waals surface area contributed by atoms with Crippen LogP contribution in [0.1, 0.15) is 51.9 Å². The lowest BCUT2D eigenvalue weighted by Crippen LogP contribution is -2.37. The van der Waals surface area contributed by atoms with Gasteiger partial charge in [0.1, 0.15) is 0 Å². The highest BCUT2D eigenvalue weighted by Gasteiger charge is 2.26. The number of benzene rings is 1. The standard InChI is InChI=1S/C17H25NO/c1-2-3-14-18(16-12-8-5-9-13-16)17(19)15-10-6-4-7-11-15/h5,8-9,12-13,15H,2-4,6-7,10-11,14H2,1H3. The Hall–Kier alpha value is -1.31. The predicted octanol–water partition coefficient (Wildman–Crippen LogP) is 4.40. The second-order valence-corrected chi connectivity index (χ2v) is 5.51. The molecule has 0 atom stereocenters. The van der Waals surface area contributed by atoms with Crippen molar-refractivity contribution >= 4 is 11.6 Å². The Bertz CT molecular complexity index is 382. The maximum absolute atomic E-state index is 12.7. The van der Waals surface area contributed by atoms with Crippen molar-refractivity contribution in [2.75, 3.05) is 11.4 Å². The summed E-state index contributed by atoms with van der Waals surface area (Å²) in [7, 11) is 0. The minimum atomic E-state index is 0.255. The Morgan fingerprint density at radius 3 is 2.47 bits per heavy atom. The van der Waals surface area contributed by atoms with Crippen molar-refractivity contribution < 1.29 is 4.79 Å². The molecular formula is C17H25NO. The average Bonchev–Trinajstić information content (AvgIpc) is 2.49. The van der Waals surface area contributed by atoms with E-state index in [2.05, 4.69) is 19.1 Å². The molecule has 0 unspecified atom stereocenters. The molecule has 1 saturated carbocycles. The van der Waals surface area contributed by atoms with E-state index in [1.165, 1.54) is 19.3 Å². The van der Waals surface area contributed by atoms with E-state index in [4.69, 9.17) is 0 Å². The number of unbranched alkanes of at least 4 members (excludes halogenated alkanes) is 1. The van der Waals surface area contributed by atoms with Crippen LogP contribution in [0.3, 0.4) is 0 Å². The Kier molecular flexibility index (Phi) is 5.44. The summed E-state index contributed by atoms with van der Waals surface area (Å²) >= 11 is 0. The zero-order valence-electron chi connectivity index (χ0n) is 12.0. The third kappa shape index (κ3) is 3.82. The summed E-state index contributed by atoms with van der Waals surface area (Å²) < 4.78 is 0. The van der Waals surface area contributed by atoms with Crippen LogP contribution in [-0.4, -0.2) is 12.5 Å². The van der Waals surface area contributed by atoms with E-state index in [-0.39, 0.29) is 5.92 Å². The highest BCUT2D eigenvalue weighted by molar-refractivity contribution is 5.95. The molecule has 0 aliphatic heterocycles. The van der Waals surface area contributed by atoms with Gasteiger partial charge in [-0.25, -0.2) is 0 Å². The Labute approximate surface area is 116 Å². The SMILES string of the molecule is CCCCN(C(=O)C1CCCCC1)c1ccccc1. The molecule has 0 spiro atoms. The first kappa shape index (κ1) is 14.1. The lowest BCUT2D eigenvalue weighted by atomic mass is 9.88. The highest BCUT2D eigenvalue weighted by atomic mass is 16.2. The van der Waals surface area contributed by atoms with Gasteiger partial charge in [-0.1, -0.05) is 50.8 Å². The smallest absolute Gasteiger partial charge is 0.230 e. The third-order valence-electron chi connectivity index (χ3n) is 4.02. The van der Waals surface area contributed by atoms with Crippen molar-refractivity contribution in [3.63, 3.8) is 0 Å². The van der Waals surface area contributed by atoms with E-state index in [9.17, 15) is 4.79 Å². The first-order chi connectivity index (χ1) is 9.33. The van der Waals surface area contributed by atoms with Crippen molar-refractivity contribution in [2.45, 2.75) is 51.9 Å². The van der Waals surface area contributed by atoms with Gasteiger partial charge in [-0.05, 0) is 31.4 Å². The lowest BCUT2D eigenvalue weighted by molar-refractivity contribution is -0.123. The number of nitrogens with zero attached hydrogens (tertiary/aromatic N) is 1. The summed E-state index contributed by atoms with van der Waals surface area (Å²) in [6, 6.07) is 10.1. The van der Waals surface area contributed by atoms with Gasteiger partial charge in [0.05, 0.1) is 0 Å². The molecule has 0 aromatic heterocycles. The molecule has 1 amide bonds. The largest absolute Gasteiger partial charge is 0.312 e. The van der Waals surface area contributed by atoms with Gasteiger partial charge in [0.25, 0.3) is 0 Å². The molecule has 0 heterocycles. The van der Waals surface area contributed by atoms with E-state index < -0.39 is 0 Å². The van der Waals surface area contributed by atoms with E-state index in [1.54, 1.807) is 0 Å². The van der Waals surface area contributed by atoms with E-state index in [0.29, 0.717) is 5.91 Å². The zero-order valence-corrected chi connectivity index (χ0v) is 12.0. The monoisotopic (exact) mass is 259 g/mol. The van der Waals surface area contributed by atoms with Gasteiger partial charge in [-0.2, -0.15) is 0 Å². The van der Waals surface area contributed by atoms with Gasteiger partial charge in [-0.3, -0.25) is 4.79 Å². The molecule has 0 N–H and O–H groups in total. The van der Waals surface area contributed by atoms with Crippen molar-refractivity contribution in [2.24, 2.45) is 5.92 Å². The van der Waals surface area contributed by atoms with E-state index in [1.807, 2.05) is 23.1 Å². The Balaban J connectivity index is 2.10. The normalized spacial score (nSPS) is 16.3. The maximum Gasteiger partial charge on any atom is 0.230 e. The summed E-state index contributed by atoms with van der Waals surface area (Å²) in [5, 5.41) is 0. The molecule has 2 rings (SSSR count). The fourth-order valence-corrected chi connectivity index (χ4v) is 2.86. The second kappa shape index (κ2) is 7.32. The first-order valence-corrected chi connectivity index (χ1v) is 7.69. The molecule has 104 valence electrons. The van der Waals surface area contributed by atoms with Crippen LogP contribution in [0, 0.1) is 5.92 Å². The van der Waals surface area contributed by atoms with Gasteiger partial charge >= 0.3 is 0 Å². The number of para-hydroxylation sites is 1. The highest BCUT2D eigenvalue weighted by Crippen LogP contribution is 2.27. The summed E-state index contributed by atoms with van der Waals surface area (Å²) in [4.78, 5) is 14.7. The van der Waals surface area contributed by atoms with Gasteiger partial charge in [0.2, 0.25) is 5.91 Å². The maximum atomic E-state index is 12.7. The minimum absolute atomic E-state index is 0.255. The molecule has 2 heteroatoms. The van der Waals surface area contributed by atoms with Gasteiger partial charge in [0, 0.05) is 18.2 Å². The number of carbonyl (C=O) groups excluding carboxylic acids is 1. The quantitative estimate of drug-likeness (QED) is 0.767. The molecule has 2 nitrogen and oxygen atoms in total. The first-order valence-electron chi connectivity index (χ1n) is 7.69. The molecule has 0 radical (unpaired) electrons. The van der Waals surface area contributed by atoms with Crippen LogP contribution in [0.5, 0.6) is 0 Å². The van der Waals surface area contributed by atoms with Crippen LogP contribution >= 0.6 is 0 Å². The molecule has 1 fully saturated rings. The van der Waals surface area contributed by atoms with Crippen LogP contribution in [0.15, 0.2) is 30.3 Å². The topological polar surface area (TPSA) is 20.3 Å². The Morgan fingerprint density at radius 1 is 1.16 bits per heavy atom. The van der Waals surface area contributed by atoms with E-state index >= 15 is 0 Å². The molecule has 19 heavy (non-hydrogen) atoms. The fourth-order valence-electron chi connectivity index (χ4n) is 2.86. The third-order valence-corrected chi connectivity index (χ3v) is 4.02. The number of carbonyl (C=O) groups is 1. The van der Waals surface area contributed by atoms with Crippen molar-refractivity contribution in [3.8, 4) is 0 Å². The van der Waals surface area contributed by atoms with Crippen LogP contribution < -0.4 is 4.90 Å². The lowest BCUT2D eigenvalue weighted by Gasteiger charge is -2.29. The summed E-state index contributed by atoms with van der Waals surface area (Å²) in [6.45, 7) is 3.03. The van der Waals surface area contributed by atoms with E-state index in [0.717, 1.165) is 37.9 Å². The molecule has 1 aromatic rings. The molecular weight excluding hydrogens is 234 g/mol. The van der Waals surface area contributed by atoms with Crippen molar-refractivity contribution in [1.29, 1.82) is 0 Å². The van der Waals surface area contributed by atoms with Crippen molar-refractivity contribution in [3.05, 3.63) is 30.3 Å². The van der Waals surface area contributed by atoms with Crippen molar-refractivity contribution in [1.82, 2.24) is 0 Å². The molecule has 1 aromatic carbocycles. The summed E-state index contributed by atoms with van der Waals surface area (Å²) in [5.74, 6) is 0.602. The number of rotatable bonds is 5. The molecule has 1 aliphatic carbocycles. The fraction of sp³-hybridized carbons (Fsp3) is 0.588. The van der Waals surface area contributed by atoms with Gasteiger partial charge in [-0.15, -0.1) is 0 Å². The van der Waals surface area contributed by atoms with Crippen LogP contribution in [0.4, 0.5) is 5.69 Å². The van der Waals surface area contributed by atoms with Gasteiger partial charge in [0.15, 0.2) is 0 Å². The van der Waals surface area contributed by atoms with Gasteiger partial charge < -0.3 is 4.90 Å².